The van der Waals surface area contributed by atoms with Gasteiger partial charge in [-0.3, -0.25) is 9.48 Å². The molecule has 7 nitrogen and oxygen atoms in total. The monoisotopic (exact) mass is 523 g/mol. The van der Waals surface area contributed by atoms with Gasteiger partial charge in [-0.1, -0.05) is 35.9 Å². The van der Waals surface area contributed by atoms with Crippen LogP contribution in [0.3, 0.4) is 0 Å². The van der Waals surface area contributed by atoms with E-state index in [0.29, 0.717) is 43.1 Å². The smallest absolute Gasteiger partial charge is 0.290 e. The lowest BCUT2D eigenvalue weighted by atomic mass is 10.0. The quantitative estimate of drug-likeness (QED) is 0.421. The molecule has 0 aliphatic carbocycles. The lowest BCUT2D eigenvalue weighted by Crippen LogP contribution is -2.36. The van der Waals surface area contributed by atoms with Crippen LogP contribution in [0.4, 0.5) is 14.5 Å². The molecule has 1 unspecified atom stereocenters. The molecule has 1 saturated heterocycles. The molecule has 0 spiro atoms. The van der Waals surface area contributed by atoms with Crippen LogP contribution in [0, 0.1) is 0 Å². The minimum Gasteiger partial charge on any atom is -0.364 e. The summed E-state index contributed by atoms with van der Waals surface area (Å²) in [4.78, 5) is 14.9. The van der Waals surface area contributed by atoms with E-state index in [0.717, 1.165) is 30.5 Å². The van der Waals surface area contributed by atoms with E-state index >= 15 is 0 Å². The summed E-state index contributed by atoms with van der Waals surface area (Å²) < 4.78 is 35.8. The van der Waals surface area contributed by atoms with Crippen molar-refractivity contribution in [3.63, 3.8) is 0 Å². The minimum atomic E-state index is -2.56. The second-order valence-corrected chi connectivity index (χ2v) is 9.39. The first-order valence-electron chi connectivity index (χ1n) is 11.6. The van der Waals surface area contributed by atoms with E-state index in [1.807, 2.05) is 4.90 Å². The van der Waals surface area contributed by atoms with Crippen molar-refractivity contribution in [1.82, 2.24) is 19.6 Å². The molecule has 0 N–H and O–H groups in total. The normalized spacial score (nSPS) is 18.2. The number of benzene rings is 1. The molecule has 3 aromatic rings. The maximum Gasteiger partial charge on any atom is 0.290 e. The number of rotatable bonds is 6. The summed E-state index contributed by atoms with van der Waals surface area (Å²) in [6.07, 6.45) is 1.92. The maximum atomic E-state index is 13.5. The fraction of sp³-hybridized carbons (Fsp3) is 0.458. The summed E-state index contributed by atoms with van der Waals surface area (Å²) in [5, 5.41) is 9.09. The third kappa shape index (κ3) is 4.69. The van der Waals surface area contributed by atoms with Gasteiger partial charge in [-0.05, 0) is 24.8 Å². The molecule has 186 valence electrons. The molecule has 2 aliphatic rings. The zero-order chi connectivity index (χ0) is 24.5. The fourth-order valence-corrected chi connectivity index (χ4v) is 5.31. The summed E-state index contributed by atoms with van der Waals surface area (Å²) in [6.45, 7) is 1.85. The standard InChI is InChI=1S/C24H25Cl2F2N5O2/c25-11-18-17-14-31(20-12-29-33(24(34)22(20)26)21-7-3-4-10-35-21)9-8-19(17)32(30-18)13-15-5-1-2-6-16(15)23(27)28/h1-2,5-6,12,21,23H,3-4,7-11,13-14H2. The highest BCUT2D eigenvalue weighted by molar-refractivity contribution is 6.33. The molecule has 5 rings (SSSR count). The van der Waals surface area contributed by atoms with Gasteiger partial charge in [0.05, 0.1) is 30.0 Å². The number of aromatic nitrogens is 4. The van der Waals surface area contributed by atoms with Gasteiger partial charge in [0.2, 0.25) is 0 Å². The van der Waals surface area contributed by atoms with E-state index in [1.165, 1.54) is 10.7 Å². The van der Waals surface area contributed by atoms with Gasteiger partial charge in [0.25, 0.3) is 12.0 Å². The van der Waals surface area contributed by atoms with E-state index in [1.54, 1.807) is 29.1 Å². The van der Waals surface area contributed by atoms with E-state index in [4.69, 9.17) is 27.9 Å². The van der Waals surface area contributed by atoms with Crippen molar-refractivity contribution in [2.75, 3.05) is 18.1 Å². The summed E-state index contributed by atoms with van der Waals surface area (Å²) >= 11 is 12.7. The van der Waals surface area contributed by atoms with Gasteiger partial charge < -0.3 is 9.64 Å². The number of ether oxygens (including phenoxy) is 1. The van der Waals surface area contributed by atoms with Crippen molar-refractivity contribution in [3.05, 3.63) is 73.9 Å². The molecule has 11 heteroatoms. The topological polar surface area (TPSA) is 65.2 Å². The van der Waals surface area contributed by atoms with Gasteiger partial charge in [-0.15, -0.1) is 11.6 Å². The van der Waals surface area contributed by atoms with Gasteiger partial charge in [0, 0.05) is 42.9 Å². The van der Waals surface area contributed by atoms with Crippen LogP contribution in [0.1, 0.15) is 60.0 Å². The van der Waals surface area contributed by atoms with Crippen molar-refractivity contribution < 1.29 is 13.5 Å². The molecule has 0 amide bonds. The lowest BCUT2D eigenvalue weighted by Gasteiger charge is -2.31. The number of alkyl halides is 3. The Bertz CT molecular complexity index is 1270. The molecule has 35 heavy (non-hydrogen) atoms. The molecule has 1 fully saturated rings. The van der Waals surface area contributed by atoms with Crippen LogP contribution in [0.5, 0.6) is 0 Å². The summed E-state index contributed by atoms with van der Waals surface area (Å²) in [5.74, 6) is 0.187. The number of fused-ring (bicyclic) bond motifs is 1. The first kappa shape index (κ1) is 24.2. The van der Waals surface area contributed by atoms with Crippen LogP contribution in [0.25, 0.3) is 0 Å². The van der Waals surface area contributed by atoms with E-state index < -0.39 is 12.7 Å². The average Bonchev–Trinajstić information content (AvgIpc) is 3.23. The highest BCUT2D eigenvalue weighted by Gasteiger charge is 2.28. The molecule has 0 radical (unpaired) electrons. The van der Waals surface area contributed by atoms with E-state index in [9.17, 15) is 13.6 Å². The van der Waals surface area contributed by atoms with Crippen molar-refractivity contribution in [1.29, 1.82) is 0 Å². The third-order valence-electron chi connectivity index (χ3n) is 6.65. The maximum absolute atomic E-state index is 13.5. The molecule has 2 aliphatic heterocycles. The molecule has 1 atom stereocenters. The molecule has 2 aromatic heterocycles. The molecule has 4 heterocycles. The number of hydrogen-bond acceptors (Lipinski definition) is 5. The van der Waals surface area contributed by atoms with E-state index in [-0.39, 0.29) is 28.6 Å². The highest BCUT2D eigenvalue weighted by Crippen LogP contribution is 2.32. The lowest BCUT2D eigenvalue weighted by molar-refractivity contribution is -0.0424. The average molecular weight is 524 g/mol. The first-order chi connectivity index (χ1) is 17.0. The first-order valence-corrected chi connectivity index (χ1v) is 12.5. The zero-order valence-electron chi connectivity index (χ0n) is 19.0. The molecule has 1 aromatic carbocycles. The van der Waals surface area contributed by atoms with Gasteiger partial charge >= 0.3 is 0 Å². The second-order valence-electron chi connectivity index (χ2n) is 8.75. The highest BCUT2D eigenvalue weighted by atomic mass is 35.5. The minimum absolute atomic E-state index is 0.00183. The molecular formula is C24H25Cl2F2N5O2. The van der Waals surface area contributed by atoms with Gasteiger partial charge in [-0.2, -0.15) is 14.9 Å². The van der Waals surface area contributed by atoms with Crippen LogP contribution in [0.2, 0.25) is 5.02 Å². The van der Waals surface area contributed by atoms with Crippen LogP contribution < -0.4 is 10.5 Å². The van der Waals surface area contributed by atoms with Crippen LogP contribution >= 0.6 is 23.2 Å². The Morgan fingerprint density at radius 3 is 2.80 bits per heavy atom. The largest absolute Gasteiger partial charge is 0.364 e. The van der Waals surface area contributed by atoms with E-state index in [2.05, 4.69) is 10.2 Å². The Morgan fingerprint density at radius 2 is 2.06 bits per heavy atom. The van der Waals surface area contributed by atoms with Crippen LogP contribution in [0.15, 0.2) is 35.3 Å². The van der Waals surface area contributed by atoms with Gasteiger partial charge in [0.15, 0.2) is 6.23 Å². The molecule has 0 bridgehead atoms. The Labute approximate surface area is 211 Å². The summed E-state index contributed by atoms with van der Waals surface area (Å²) in [7, 11) is 0. The third-order valence-corrected chi connectivity index (χ3v) is 7.26. The van der Waals surface area contributed by atoms with Crippen molar-refractivity contribution >= 4 is 28.9 Å². The predicted molar refractivity (Wildman–Crippen MR) is 129 cm³/mol. The fourth-order valence-electron chi connectivity index (χ4n) is 4.84. The van der Waals surface area contributed by atoms with Crippen LogP contribution in [-0.4, -0.2) is 32.7 Å². The number of halogens is 4. The Hall–Kier alpha value is -2.49. The van der Waals surface area contributed by atoms with Gasteiger partial charge in [0.1, 0.15) is 5.02 Å². The van der Waals surface area contributed by atoms with Crippen molar-refractivity contribution in [3.8, 4) is 0 Å². The Morgan fingerprint density at radius 1 is 1.23 bits per heavy atom. The number of nitrogens with zero attached hydrogens (tertiary/aromatic N) is 5. The summed E-state index contributed by atoms with van der Waals surface area (Å²) in [6, 6.07) is 6.49. The van der Waals surface area contributed by atoms with Crippen molar-refractivity contribution in [2.45, 2.75) is 57.3 Å². The SMILES string of the molecule is O=c1c(Cl)c(N2CCc3c(c(CCl)nn3Cc3ccccc3C(F)F)C2)cnn1C1CCCCO1. The van der Waals surface area contributed by atoms with Gasteiger partial charge in [-0.25, -0.2) is 8.78 Å². The molecule has 0 saturated carbocycles. The van der Waals surface area contributed by atoms with Crippen molar-refractivity contribution in [2.24, 2.45) is 0 Å². The summed E-state index contributed by atoms with van der Waals surface area (Å²) in [5.41, 5.74) is 3.27. The Balaban J connectivity index is 1.42. The van der Waals surface area contributed by atoms with Crippen LogP contribution in [-0.2, 0) is 30.1 Å². The molecular weight excluding hydrogens is 499 g/mol. The number of anilines is 1. The zero-order valence-corrected chi connectivity index (χ0v) is 20.5. The number of hydrogen-bond donors (Lipinski definition) is 0. The Kier molecular flexibility index (Phi) is 7.09. The predicted octanol–water partition coefficient (Wildman–Crippen LogP) is 5.08. The second kappa shape index (κ2) is 10.2.